The van der Waals surface area contributed by atoms with Crippen LogP contribution >= 0.6 is 0 Å². The first-order valence-electron chi connectivity index (χ1n) is 6.49. The molecule has 0 saturated carbocycles. The number of hydrogen-bond donors (Lipinski definition) is 1. The Kier molecular flexibility index (Phi) is 3.65. The molecule has 88 valence electrons. The van der Waals surface area contributed by atoms with E-state index < -0.39 is 0 Å². The van der Waals surface area contributed by atoms with E-state index in [4.69, 9.17) is 0 Å². The van der Waals surface area contributed by atoms with Crippen molar-refractivity contribution >= 4 is 0 Å². The van der Waals surface area contributed by atoms with Gasteiger partial charge in [-0.05, 0) is 55.3 Å². The van der Waals surface area contributed by atoms with E-state index in [9.17, 15) is 0 Å². The third-order valence-corrected chi connectivity index (χ3v) is 3.67. The average molecular weight is 217 g/mol. The molecule has 1 heteroatoms. The van der Waals surface area contributed by atoms with Gasteiger partial charge in [0, 0.05) is 6.04 Å². The summed E-state index contributed by atoms with van der Waals surface area (Å²) in [5.74, 6) is 0.635. The summed E-state index contributed by atoms with van der Waals surface area (Å²) in [5.41, 5.74) is 4.45. The van der Waals surface area contributed by atoms with Gasteiger partial charge in [0.2, 0.25) is 0 Å². The molecule has 0 spiro atoms. The third-order valence-electron chi connectivity index (χ3n) is 3.67. The Bertz CT molecular complexity index is 348. The van der Waals surface area contributed by atoms with E-state index in [1.165, 1.54) is 42.5 Å². The predicted octanol–water partition coefficient (Wildman–Crippen LogP) is 3.41. The first-order chi connectivity index (χ1) is 7.66. The normalized spacial score (nSPS) is 20.6. The Labute approximate surface area is 99.3 Å². The Hall–Kier alpha value is -0.820. The molecule has 1 aromatic rings. The van der Waals surface area contributed by atoms with Crippen molar-refractivity contribution in [2.75, 3.05) is 6.54 Å². The van der Waals surface area contributed by atoms with Gasteiger partial charge < -0.3 is 5.32 Å². The van der Waals surface area contributed by atoms with Crippen LogP contribution in [0.3, 0.4) is 0 Å². The Balaban J connectivity index is 2.14. The van der Waals surface area contributed by atoms with Crippen LogP contribution in [0.4, 0.5) is 0 Å². The predicted molar refractivity (Wildman–Crippen MR) is 70.0 cm³/mol. The van der Waals surface area contributed by atoms with E-state index in [-0.39, 0.29) is 0 Å². The minimum absolute atomic E-state index is 0.635. The zero-order chi connectivity index (χ0) is 11.5. The van der Waals surface area contributed by atoms with Gasteiger partial charge in [-0.3, -0.25) is 0 Å². The number of rotatable bonds is 3. The van der Waals surface area contributed by atoms with Crippen LogP contribution in [0.2, 0.25) is 0 Å². The zero-order valence-electron chi connectivity index (χ0n) is 10.7. The van der Waals surface area contributed by atoms with Gasteiger partial charge >= 0.3 is 0 Å². The van der Waals surface area contributed by atoms with Gasteiger partial charge in [-0.25, -0.2) is 0 Å². The van der Waals surface area contributed by atoms with E-state index in [0.29, 0.717) is 12.0 Å². The summed E-state index contributed by atoms with van der Waals surface area (Å²) < 4.78 is 0. The largest absolute Gasteiger partial charge is 0.314 e. The maximum atomic E-state index is 3.58. The van der Waals surface area contributed by atoms with Crippen LogP contribution in [0.15, 0.2) is 18.2 Å². The van der Waals surface area contributed by atoms with Crippen molar-refractivity contribution in [3.63, 3.8) is 0 Å². The van der Waals surface area contributed by atoms with Crippen molar-refractivity contribution in [1.29, 1.82) is 0 Å². The monoisotopic (exact) mass is 217 g/mol. The molecular formula is C15H23N. The molecule has 16 heavy (non-hydrogen) atoms. The SMILES string of the molecule is Cc1ccc(C(C)C)cc1CC1CCCN1. The maximum Gasteiger partial charge on any atom is 0.0108 e. The fraction of sp³-hybridized carbons (Fsp3) is 0.600. The van der Waals surface area contributed by atoms with Crippen molar-refractivity contribution in [2.24, 2.45) is 0 Å². The lowest BCUT2D eigenvalue weighted by atomic mass is 9.94. The highest BCUT2D eigenvalue weighted by Gasteiger charge is 2.15. The van der Waals surface area contributed by atoms with Gasteiger partial charge in [-0.1, -0.05) is 32.0 Å². The van der Waals surface area contributed by atoms with Crippen molar-refractivity contribution in [3.05, 3.63) is 34.9 Å². The lowest BCUT2D eigenvalue weighted by Gasteiger charge is -2.15. The number of aryl methyl sites for hydroxylation is 1. The van der Waals surface area contributed by atoms with Gasteiger partial charge in [0.15, 0.2) is 0 Å². The van der Waals surface area contributed by atoms with Gasteiger partial charge in [-0.15, -0.1) is 0 Å². The molecule has 1 aliphatic heterocycles. The third kappa shape index (κ3) is 2.65. The summed E-state index contributed by atoms with van der Waals surface area (Å²) >= 11 is 0. The summed E-state index contributed by atoms with van der Waals surface area (Å²) in [6, 6.07) is 7.66. The second-order valence-electron chi connectivity index (χ2n) is 5.34. The number of nitrogens with one attached hydrogen (secondary N) is 1. The fourth-order valence-electron chi connectivity index (χ4n) is 2.47. The van der Waals surface area contributed by atoms with Crippen molar-refractivity contribution in [3.8, 4) is 0 Å². The fourth-order valence-corrected chi connectivity index (χ4v) is 2.47. The molecule has 1 aromatic carbocycles. The smallest absolute Gasteiger partial charge is 0.0108 e. The molecule has 1 aliphatic rings. The summed E-state index contributed by atoms with van der Waals surface area (Å²) in [6.07, 6.45) is 3.88. The molecule has 1 atom stereocenters. The topological polar surface area (TPSA) is 12.0 Å². The minimum Gasteiger partial charge on any atom is -0.314 e. The summed E-state index contributed by atoms with van der Waals surface area (Å²) in [7, 11) is 0. The van der Waals surface area contributed by atoms with Crippen LogP contribution in [0.25, 0.3) is 0 Å². The molecule has 0 amide bonds. The van der Waals surface area contributed by atoms with E-state index in [2.05, 4.69) is 44.3 Å². The molecule has 1 saturated heterocycles. The second-order valence-corrected chi connectivity index (χ2v) is 5.34. The van der Waals surface area contributed by atoms with Crippen LogP contribution < -0.4 is 5.32 Å². The quantitative estimate of drug-likeness (QED) is 0.818. The highest BCUT2D eigenvalue weighted by Crippen LogP contribution is 2.21. The molecule has 0 bridgehead atoms. The highest BCUT2D eigenvalue weighted by atomic mass is 14.9. The van der Waals surface area contributed by atoms with Crippen LogP contribution in [-0.2, 0) is 6.42 Å². The standard InChI is InChI=1S/C15H23N/c1-11(2)13-7-6-12(3)14(9-13)10-15-5-4-8-16-15/h6-7,9,11,15-16H,4-5,8,10H2,1-3H3. The van der Waals surface area contributed by atoms with Gasteiger partial charge in [0.05, 0.1) is 0 Å². The maximum absolute atomic E-state index is 3.58. The van der Waals surface area contributed by atoms with Crippen LogP contribution in [0, 0.1) is 6.92 Å². The molecule has 1 unspecified atom stereocenters. The summed E-state index contributed by atoms with van der Waals surface area (Å²) in [4.78, 5) is 0. The Morgan fingerprint density at radius 3 is 2.81 bits per heavy atom. The van der Waals surface area contributed by atoms with Crippen molar-refractivity contribution in [2.45, 2.75) is 52.0 Å². The molecule has 1 heterocycles. The van der Waals surface area contributed by atoms with Crippen LogP contribution in [-0.4, -0.2) is 12.6 Å². The second kappa shape index (κ2) is 5.01. The average Bonchev–Trinajstić information content (AvgIpc) is 2.73. The van der Waals surface area contributed by atoms with Crippen LogP contribution in [0.5, 0.6) is 0 Å². The molecule has 1 nitrogen and oxygen atoms in total. The Morgan fingerprint density at radius 2 is 2.19 bits per heavy atom. The molecule has 0 aromatic heterocycles. The van der Waals surface area contributed by atoms with E-state index in [1.807, 2.05) is 0 Å². The number of hydrogen-bond acceptors (Lipinski definition) is 1. The molecule has 1 fully saturated rings. The van der Waals surface area contributed by atoms with Crippen LogP contribution in [0.1, 0.15) is 49.3 Å². The molecular weight excluding hydrogens is 194 g/mol. The number of benzene rings is 1. The molecule has 1 N–H and O–H groups in total. The Morgan fingerprint density at radius 1 is 1.38 bits per heavy atom. The summed E-state index contributed by atoms with van der Waals surface area (Å²) in [5, 5.41) is 3.58. The van der Waals surface area contributed by atoms with Crippen molar-refractivity contribution in [1.82, 2.24) is 5.32 Å². The zero-order valence-corrected chi connectivity index (χ0v) is 10.7. The van der Waals surface area contributed by atoms with E-state index >= 15 is 0 Å². The summed E-state index contributed by atoms with van der Waals surface area (Å²) in [6.45, 7) is 7.96. The first-order valence-corrected chi connectivity index (χ1v) is 6.49. The molecule has 0 aliphatic carbocycles. The lowest BCUT2D eigenvalue weighted by Crippen LogP contribution is -2.24. The molecule has 2 rings (SSSR count). The first kappa shape index (κ1) is 11.7. The minimum atomic E-state index is 0.635. The highest BCUT2D eigenvalue weighted by molar-refractivity contribution is 5.33. The lowest BCUT2D eigenvalue weighted by molar-refractivity contribution is 0.601. The van der Waals surface area contributed by atoms with Crippen molar-refractivity contribution < 1.29 is 0 Å². The van der Waals surface area contributed by atoms with Gasteiger partial charge in [-0.2, -0.15) is 0 Å². The molecule has 0 radical (unpaired) electrons. The van der Waals surface area contributed by atoms with Gasteiger partial charge in [0.1, 0.15) is 0 Å². The van der Waals surface area contributed by atoms with E-state index in [0.717, 1.165) is 0 Å². The van der Waals surface area contributed by atoms with Gasteiger partial charge in [0.25, 0.3) is 0 Å². The van der Waals surface area contributed by atoms with E-state index in [1.54, 1.807) is 0 Å².